The molecule has 5 heteroatoms. The second-order valence-corrected chi connectivity index (χ2v) is 7.21. The van der Waals surface area contributed by atoms with E-state index < -0.39 is 0 Å². The van der Waals surface area contributed by atoms with Crippen LogP contribution in [0, 0.1) is 19.8 Å². The van der Waals surface area contributed by atoms with Crippen LogP contribution in [0.1, 0.15) is 50.2 Å². The summed E-state index contributed by atoms with van der Waals surface area (Å²) in [7, 11) is 0. The molecule has 1 heterocycles. The Bertz CT molecular complexity index is 543. The maximum Gasteiger partial charge on any atom is 0.222 e. The van der Waals surface area contributed by atoms with Gasteiger partial charge in [0.15, 0.2) is 0 Å². The highest BCUT2D eigenvalue weighted by Gasteiger charge is 2.21. The predicted octanol–water partition coefficient (Wildman–Crippen LogP) is 4.12. The van der Waals surface area contributed by atoms with Gasteiger partial charge < -0.3 is 15.0 Å². The Balaban J connectivity index is 0.00000338. The maximum absolute atomic E-state index is 12.3. The average molecular weight is 383 g/mol. The van der Waals surface area contributed by atoms with Crippen molar-refractivity contribution in [2.75, 3.05) is 32.8 Å². The normalized spacial score (nSPS) is 14.8. The van der Waals surface area contributed by atoms with Crippen LogP contribution in [0.2, 0.25) is 0 Å². The average Bonchev–Trinajstić information content (AvgIpc) is 2.62. The molecule has 0 spiro atoms. The Labute approximate surface area is 165 Å². The van der Waals surface area contributed by atoms with Crippen LogP contribution in [-0.2, 0) is 4.79 Å². The molecule has 26 heavy (non-hydrogen) atoms. The van der Waals surface area contributed by atoms with Gasteiger partial charge in [0, 0.05) is 19.5 Å². The molecule has 1 N–H and O–H groups in total. The van der Waals surface area contributed by atoms with Crippen molar-refractivity contribution in [2.24, 2.45) is 5.92 Å². The summed E-state index contributed by atoms with van der Waals surface area (Å²) in [5.74, 6) is 2.01. The minimum atomic E-state index is 0. The van der Waals surface area contributed by atoms with Crippen LogP contribution in [0.4, 0.5) is 0 Å². The molecule has 4 nitrogen and oxygen atoms in total. The minimum absolute atomic E-state index is 0. The number of piperidine rings is 1. The molecule has 0 radical (unpaired) electrons. The third-order valence-electron chi connectivity index (χ3n) is 5.04. The van der Waals surface area contributed by atoms with Crippen molar-refractivity contribution in [3.63, 3.8) is 0 Å². The molecule has 0 aliphatic carbocycles. The standard InChI is InChI=1S/C21H34N2O2.ClH/c1-4-22-16-19-10-12-23(13-11-19)21(24)7-5-6-14-25-20-15-17(2)8-9-18(20)3;/h8-9,15,19,22H,4-7,10-14,16H2,1-3H3;1H. The van der Waals surface area contributed by atoms with E-state index in [1.54, 1.807) is 0 Å². The van der Waals surface area contributed by atoms with Crippen LogP contribution in [0.15, 0.2) is 18.2 Å². The molecule has 0 bridgehead atoms. The molecule has 1 aromatic rings. The van der Waals surface area contributed by atoms with Crippen molar-refractivity contribution < 1.29 is 9.53 Å². The quantitative estimate of drug-likeness (QED) is 0.653. The zero-order valence-corrected chi connectivity index (χ0v) is 17.4. The molecule has 0 unspecified atom stereocenters. The molecule has 1 fully saturated rings. The number of carbonyl (C=O) groups is 1. The molecule has 1 saturated heterocycles. The lowest BCUT2D eigenvalue weighted by Crippen LogP contribution is -2.40. The molecule has 1 aliphatic heterocycles. The van der Waals surface area contributed by atoms with Crippen molar-refractivity contribution in [3.05, 3.63) is 29.3 Å². The number of halogens is 1. The molecule has 0 aromatic heterocycles. The van der Waals surface area contributed by atoms with Gasteiger partial charge in [0.25, 0.3) is 0 Å². The van der Waals surface area contributed by atoms with Crippen LogP contribution in [0.5, 0.6) is 5.75 Å². The second-order valence-electron chi connectivity index (χ2n) is 7.21. The van der Waals surface area contributed by atoms with Crippen LogP contribution in [-0.4, -0.2) is 43.6 Å². The largest absolute Gasteiger partial charge is 0.493 e. The smallest absolute Gasteiger partial charge is 0.222 e. The van der Waals surface area contributed by atoms with Crippen LogP contribution in [0.25, 0.3) is 0 Å². The summed E-state index contributed by atoms with van der Waals surface area (Å²) in [6.07, 6.45) is 4.74. The Morgan fingerprint density at radius 2 is 1.96 bits per heavy atom. The number of unbranched alkanes of at least 4 members (excludes halogenated alkanes) is 1. The number of hydrogen-bond donors (Lipinski definition) is 1. The van der Waals surface area contributed by atoms with Gasteiger partial charge in [-0.1, -0.05) is 19.1 Å². The number of hydrogen-bond acceptors (Lipinski definition) is 3. The minimum Gasteiger partial charge on any atom is -0.493 e. The van der Waals surface area contributed by atoms with Gasteiger partial charge in [-0.15, -0.1) is 12.4 Å². The number of nitrogens with one attached hydrogen (secondary N) is 1. The van der Waals surface area contributed by atoms with E-state index in [0.717, 1.165) is 63.5 Å². The third-order valence-corrected chi connectivity index (χ3v) is 5.04. The molecular formula is C21H35ClN2O2. The summed E-state index contributed by atoms with van der Waals surface area (Å²) in [6, 6.07) is 6.27. The Hall–Kier alpha value is -1.26. The SMILES string of the molecule is CCNCC1CCN(C(=O)CCCCOc2cc(C)ccc2C)CC1.Cl. The lowest BCUT2D eigenvalue weighted by atomic mass is 9.96. The van der Waals surface area contributed by atoms with Crippen LogP contribution < -0.4 is 10.1 Å². The van der Waals surface area contributed by atoms with E-state index >= 15 is 0 Å². The number of rotatable bonds is 9. The highest BCUT2D eigenvalue weighted by molar-refractivity contribution is 5.85. The van der Waals surface area contributed by atoms with Gasteiger partial charge in [-0.2, -0.15) is 0 Å². The van der Waals surface area contributed by atoms with Gasteiger partial charge in [0.05, 0.1) is 6.61 Å². The lowest BCUT2D eigenvalue weighted by molar-refractivity contribution is -0.132. The summed E-state index contributed by atoms with van der Waals surface area (Å²) in [4.78, 5) is 14.4. The maximum atomic E-state index is 12.3. The van der Waals surface area contributed by atoms with Gasteiger partial charge in [-0.05, 0) is 75.7 Å². The summed E-state index contributed by atoms with van der Waals surface area (Å²) in [6.45, 7) is 10.9. The van der Waals surface area contributed by atoms with E-state index in [1.807, 2.05) is 4.90 Å². The van der Waals surface area contributed by atoms with Crippen molar-refractivity contribution in [1.82, 2.24) is 10.2 Å². The van der Waals surface area contributed by atoms with Crippen LogP contribution >= 0.6 is 12.4 Å². The summed E-state index contributed by atoms with van der Waals surface area (Å²) in [5.41, 5.74) is 2.38. The number of nitrogens with zero attached hydrogens (tertiary/aromatic N) is 1. The van der Waals surface area contributed by atoms with Crippen molar-refractivity contribution in [2.45, 2.75) is 52.9 Å². The number of benzene rings is 1. The van der Waals surface area contributed by atoms with E-state index in [9.17, 15) is 4.79 Å². The molecule has 0 atom stereocenters. The summed E-state index contributed by atoms with van der Waals surface area (Å²) in [5, 5.41) is 3.41. The fourth-order valence-corrected chi connectivity index (χ4v) is 3.32. The second kappa shape index (κ2) is 12.2. The molecule has 1 aliphatic rings. The first-order chi connectivity index (χ1) is 12.1. The van der Waals surface area contributed by atoms with Crippen molar-refractivity contribution >= 4 is 18.3 Å². The lowest BCUT2D eigenvalue weighted by Gasteiger charge is -2.32. The van der Waals surface area contributed by atoms with E-state index in [2.05, 4.69) is 44.3 Å². The van der Waals surface area contributed by atoms with Crippen molar-refractivity contribution in [3.8, 4) is 5.75 Å². The summed E-state index contributed by atoms with van der Waals surface area (Å²) >= 11 is 0. The predicted molar refractivity (Wildman–Crippen MR) is 110 cm³/mol. The van der Waals surface area contributed by atoms with Gasteiger partial charge >= 0.3 is 0 Å². The Kier molecular flexibility index (Phi) is 10.7. The summed E-state index contributed by atoms with van der Waals surface area (Å²) < 4.78 is 5.86. The van der Waals surface area contributed by atoms with Crippen LogP contribution in [0.3, 0.4) is 0 Å². The fourth-order valence-electron chi connectivity index (χ4n) is 3.32. The first kappa shape index (κ1) is 22.8. The van der Waals surface area contributed by atoms with E-state index in [-0.39, 0.29) is 12.4 Å². The van der Waals surface area contributed by atoms with E-state index in [4.69, 9.17) is 4.74 Å². The first-order valence-electron chi connectivity index (χ1n) is 9.78. The topological polar surface area (TPSA) is 41.6 Å². The number of likely N-dealkylation sites (tertiary alicyclic amines) is 1. The molecule has 1 aromatic carbocycles. The first-order valence-corrected chi connectivity index (χ1v) is 9.78. The molecule has 1 amide bonds. The third kappa shape index (κ3) is 7.55. The van der Waals surface area contributed by atoms with Gasteiger partial charge in [-0.3, -0.25) is 4.79 Å². The van der Waals surface area contributed by atoms with Gasteiger partial charge in [0.2, 0.25) is 5.91 Å². The fraction of sp³-hybridized carbons (Fsp3) is 0.667. The van der Waals surface area contributed by atoms with E-state index in [1.165, 1.54) is 11.1 Å². The van der Waals surface area contributed by atoms with E-state index in [0.29, 0.717) is 18.9 Å². The zero-order valence-electron chi connectivity index (χ0n) is 16.6. The number of ether oxygens (including phenoxy) is 1. The molecular weight excluding hydrogens is 348 g/mol. The zero-order chi connectivity index (χ0) is 18.1. The number of amides is 1. The highest BCUT2D eigenvalue weighted by Crippen LogP contribution is 2.20. The van der Waals surface area contributed by atoms with Crippen molar-refractivity contribution in [1.29, 1.82) is 0 Å². The van der Waals surface area contributed by atoms with Gasteiger partial charge in [0.1, 0.15) is 5.75 Å². The van der Waals surface area contributed by atoms with Gasteiger partial charge in [-0.25, -0.2) is 0 Å². The Morgan fingerprint density at radius 3 is 2.65 bits per heavy atom. The Morgan fingerprint density at radius 1 is 1.23 bits per heavy atom. The number of aryl methyl sites for hydroxylation is 2. The number of carbonyl (C=O) groups excluding carboxylic acids is 1. The molecule has 0 saturated carbocycles. The molecule has 2 rings (SSSR count). The highest BCUT2D eigenvalue weighted by atomic mass is 35.5. The monoisotopic (exact) mass is 382 g/mol. The molecule has 148 valence electrons.